The predicted molar refractivity (Wildman–Crippen MR) is 78.0 cm³/mol. The molecule has 0 radical (unpaired) electrons. The third kappa shape index (κ3) is 3.12. The topological polar surface area (TPSA) is 113 Å². The maximum atomic E-state index is 12.5. The van der Waals surface area contributed by atoms with Crippen molar-refractivity contribution in [3.8, 4) is 0 Å². The van der Waals surface area contributed by atoms with Gasteiger partial charge in [-0.25, -0.2) is 13.1 Å². The van der Waals surface area contributed by atoms with Gasteiger partial charge in [-0.05, 0) is 50.5 Å². The summed E-state index contributed by atoms with van der Waals surface area (Å²) in [6.07, 6.45) is 0. The molecule has 0 saturated carbocycles. The first-order valence-electron chi connectivity index (χ1n) is 6.20. The minimum Gasteiger partial charge on any atom is -0.398 e. The first-order valence-corrected chi connectivity index (χ1v) is 7.68. The fraction of sp³-hybridized carbons (Fsp3) is 0.538. The number of aliphatic hydroxyl groups is 2. The van der Waals surface area contributed by atoms with E-state index in [4.69, 9.17) is 5.73 Å². The Hall–Kier alpha value is -1.15. The van der Waals surface area contributed by atoms with Gasteiger partial charge < -0.3 is 15.9 Å². The van der Waals surface area contributed by atoms with Gasteiger partial charge in [-0.15, -0.1) is 0 Å². The fourth-order valence-electron chi connectivity index (χ4n) is 1.93. The number of rotatable bonds is 5. The van der Waals surface area contributed by atoms with Crippen LogP contribution in [0.4, 0.5) is 5.69 Å². The monoisotopic (exact) mass is 302 g/mol. The molecule has 0 aliphatic heterocycles. The highest BCUT2D eigenvalue weighted by Gasteiger charge is 2.32. The van der Waals surface area contributed by atoms with Crippen LogP contribution < -0.4 is 10.5 Å². The van der Waals surface area contributed by atoms with Crippen molar-refractivity contribution in [2.24, 2.45) is 0 Å². The number of hydrogen-bond donors (Lipinski definition) is 4. The summed E-state index contributed by atoms with van der Waals surface area (Å²) in [5.74, 6) is 0. The van der Waals surface area contributed by atoms with Gasteiger partial charge in [0.2, 0.25) is 10.0 Å². The van der Waals surface area contributed by atoms with E-state index < -0.39 is 28.8 Å². The van der Waals surface area contributed by atoms with Crippen LogP contribution in [0.5, 0.6) is 0 Å². The summed E-state index contributed by atoms with van der Waals surface area (Å²) in [6, 6.07) is 1.72. The summed E-state index contributed by atoms with van der Waals surface area (Å²) in [5, 5.41) is 18.5. The molecule has 0 atom stereocenters. The zero-order valence-electron chi connectivity index (χ0n) is 12.2. The molecule has 5 N–H and O–H groups in total. The highest BCUT2D eigenvalue weighted by Crippen LogP contribution is 2.28. The van der Waals surface area contributed by atoms with Gasteiger partial charge in [0.15, 0.2) is 0 Å². The van der Waals surface area contributed by atoms with E-state index in [9.17, 15) is 18.6 Å². The van der Waals surface area contributed by atoms with Crippen LogP contribution in [0.15, 0.2) is 11.0 Å². The zero-order valence-corrected chi connectivity index (χ0v) is 13.0. The van der Waals surface area contributed by atoms with Crippen LogP contribution in [-0.4, -0.2) is 37.4 Å². The molecule has 0 aromatic heterocycles. The Balaban J connectivity index is 3.44. The molecule has 0 heterocycles. The van der Waals surface area contributed by atoms with Gasteiger partial charge in [0, 0.05) is 5.69 Å². The van der Waals surface area contributed by atoms with E-state index in [1.165, 1.54) is 6.92 Å². The fourth-order valence-corrected chi connectivity index (χ4v) is 3.90. The van der Waals surface area contributed by atoms with E-state index in [-0.39, 0.29) is 4.90 Å². The molecular formula is C13H22N2O4S. The quantitative estimate of drug-likeness (QED) is 0.581. The first kappa shape index (κ1) is 16.9. The Morgan fingerprint density at radius 3 is 2.15 bits per heavy atom. The van der Waals surface area contributed by atoms with Crippen molar-refractivity contribution < 1.29 is 18.6 Å². The summed E-state index contributed by atoms with van der Waals surface area (Å²) < 4.78 is 27.4. The normalized spacial score (nSPS) is 12.7. The number of aliphatic hydroxyl groups excluding tert-OH is 2. The highest BCUT2D eigenvalue weighted by molar-refractivity contribution is 7.89. The molecule has 0 aliphatic rings. The smallest absolute Gasteiger partial charge is 0.241 e. The number of benzene rings is 1. The van der Waals surface area contributed by atoms with Gasteiger partial charge in [0.05, 0.1) is 23.6 Å². The highest BCUT2D eigenvalue weighted by atomic mass is 32.2. The average molecular weight is 302 g/mol. The van der Waals surface area contributed by atoms with Crippen LogP contribution in [0.2, 0.25) is 0 Å². The molecule has 1 aromatic rings. The molecule has 1 rings (SSSR count). The Morgan fingerprint density at radius 1 is 1.20 bits per heavy atom. The van der Waals surface area contributed by atoms with Gasteiger partial charge >= 0.3 is 0 Å². The molecular weight excluding hydrogens is 280 g/mol. The van der Waals surface area contributed by atoms with Crippen molar-refractivity contribution in [1.82, 2.24) is 4.72 Å². The number of nitrogens with one attached hydrogen (secondary N) is 1. The molecule has 0 aliphatic carbocycles. The van der Waals surface area contributed by atoms with Crippen molar-refractivity contribution in [1.29, 1.82) is 0 Å². The second-order valence-corrected chi connectivity index (χ2v) is 6.96. The molecule has 6 nitrogen and oxygen atoms in total. The van der Waals surface area contributed by atoms with E-state index in [2.05, 4.69) is 4.72 Å². The lowest BCUT2D eigenvalue weighted by atomic mass is 10.1. The molecule has 0 spiro atoms. The number of nitrogens with two attached hydrogens (primary N) is 1. The molecule has 20 heavy (non-hydrogen) atoms. The molecule has 1 aromatic carbocycles. The van der Waals surface area contributed by atoms with Gasteiger partial charge in [-0.2, -0.15) is 0 Å². The maximum absolute atomic E-state index is 12.5. The van der Waals surface area contributed by atoms with Crippen LogP contribution in [0.3, 0.4) is 0 Å². The van der Waals surface area contributed by atoms with E-state index in [0.29, 0.717) is 16.8 Å². The Kier molecular flexibility index (Phi) is 4.81. The third-order valence-electron chi connectivity index (χ3n) is 3.43. The van der Waals surface area contributed by atoms with E-state index >= 15 is 0 Å². The van der Waals surface area contributed by atoms with Crippen molar-refractivity contribution >= 4 is 15.7 Å². The maximum Gasteiger partial charge on any atom is 0.241 e. The van der Waals surface area contributed by atoms with Crippen LogP contribution in [0.1, 0.15) is 23.6 Å². The summed E-state index contributed by atoms with van der Waals surface area (Å²) in [5.41, 5.74) is 6.72. The van der Waals surface area contributed by atoms with Crippen LogP contribution in [0.25, 0.3) is 0 Å². The molecule has 0 unspecified atom stereocenters. The van der Waals surface area contributed by atoms with Crippen LogP contribution >= 0.6 is 0 Å². The second kappa shape index (κ2) is 5.69. The number of aryl methyl sites for hydroxylation is 1. The van der Waals surface area contributed by atoms with Crippen LogP contribution in [0, 0.1) is 20.8 Å². The molecule has 0 saturated heterocycles. The minimum absolute atomic E-state index is 0.100. The summed E-state index contributed by atoms with van der Waals surface area (Å²) in [6.45, 7) is 5.51. The molecule has 114 valence electrons. The van der Waals surface area contributed by atoms with Gasteiger partial charge in [-0.1, -0.05) is 0 Å². The van der Waals surface area contributed by atoms with Gasteiger partial charge in [0.25, 0.3) is 0 Å². The van der Waals surface area contributed by atoms with E-state index in [1.54, 1.807) is 26.8 Å². The SMILES string of the molecule is Cc1cc(N)c(C)c(S(=O)(=O)NC(C)(CO)CO)c1C. The lowest BCUT2D eigenvalue weighted by molar-refractivity contribution is 0.121. The minimum atomic E-state index is -3.90. The molecule has 0 amide bonds. The summed E-state index contributed by atoms with van der Waals surface area (Å²) in [4.78, 5) is 0.100. The average Bonchev–Trinajstić information content (AvgIpc) is 2.35. The summed E-state index contributed by atoms with van der Waals surface area (Å²) in [7, 11) is -3.90. The van der Waals surface area contributed by atoms with Gasteiger partial charge in [0.1, 0.15) is 0 Å². The third-order valence-corrected chi connectivity index (χ3v) is 5.34. The Labute approximate surface area is 119 Å². The second-order valence-electron chi connectivity index (χ2n) is 5.34. The standard InChI is InChI=1S/C13H22N2O4S/c1-8-5-11(14)10(3)12(9(8)2)20(18,19)15-13(4,6-16)7-17/h5,15-17H,6-7,14H2,1-4H3. The number of hydrogen-bond acceptors (Lipinski definition) is 5. The molecule has 0 bridgehead atoms. The molecule has 0 fully saturated rings. The summed E-state index contributed by atoms with van der Waals surface area (Å²) >= 11 is 0. The number of nitrogen functional groups attached to an aromatic ring is 1. The Bertz CT molecular complexity index is 581. The number of anilines is 1. The van der Waals surface area contributed by atoms with E-state index in [1.807, 2.05) is 0 Å². The largest absolute Gasteiger partial charge is 0.398 e. The van der Waals surface area contributed by atoms with Crippen molar-refractivity contribution in [3.63, 3.8) is 0 Å². The van der Waals surface area contributed by atoms with Gasteiger partial charge in [-0.3, -0.25) is 0 Å². The van der Waals surface area contributed by atoms with Crippen molar-refractivity contribution in [2.45, 2.75) is 38.1 Å². The molecule has 7 heteroatoms. The van der Waals surface area contributed by atoms with E-state index in [0.717, 1.165) is 5.56 Å². The first-order chi connectivity index (χ1) is 9.08. The Morgan fingerprint density at radius 2 is 1.70 bits per heavy atom. The predicted octanol–water partition coefficient (Wildman–Crippen LogP) is 0.216. The zero-order chi connectivity index (χ0) is 15.7. The number of sulfonamides is 1. The lowest BCUT2D eigenvalue weighted by Crippen LogP contribution is -2.51. The lowest BCUT2D eigenvalue weighted by Gasteiger charge is -2.27. The van der Waals surface area contributed by atoms with Crippen molar-refractivity contribution in [2.75, 3.05) is 18.9 Å². The van der Waals surface area contributed by atoms with Crippen molar-refractivity contribution in [3.05, 3.63) is 22.8 Å². The van der Waals surface area contributed by atoms with Crippen LogP contribution in [-0.2, 0) is 10.0 Å².